The van der Waals surface area contributed by atoms with Gasteiger partial charge in [0, 0.05) is 20.1 Å². The lowest BCUT2D eigenvalue weighted by atomic mass is 10.3. The van der Waals surface area contributed by atoms with Gasteiger partial charge in [0.2, 0.25) is 0 Å². The molecule has 0 aliphatic carbocycles. The van der Waals surface area contributed by atoms with E-state index < -0.39 is 0 Å². The second-order valence-electron chi connectivity index (χ2n) is 3.88. The molecule has 5 nitrogen and oxygen atoms in total. The van der Waals surface area contributed by atoms with Crippen molar-refractivity contribution < 1.29 is 0 Å². The zero-order valence-electron chi connectivity index (χ0n) is 9.83. The summed E-state index contributed by atoms with van der Waals surface area (Å²) in [5.41, 5.74) is 0.445. The summed E-state index contributed by atoms with van der Waals surface area (Å²) in [6.45, 7) is 3.95. The van der Waals surface area contributed by atoms with Crippen molar-refractivity contribution in [2.75, 3.05) is 5.32 Å². The number of anilines is 1. The summed E-state index contributed by atoms with van der Waals surface area (Å²) in [7, 11) is 3.47. The Kier molecular flexibility index (Phi) is 3.50. The first-order chi connectivity index (χ1) is 7.40. The molecule has 0 spiro atoms. The van der Waals surface area contributed by atoms with Crippen LogP contribution in [0.4, 0.5) is 5.82 Å². The predicted octanol–water partition coefficient (Wildman–Crippen LogP) is 1.26. The Morgan fingerprint density at radius 1 is 1.38 bits per heavy atom. The van der Waals surface area contributed by atoms with E-state index in [0.29, 0.717) is 16.2 Å². The van der Waals surface area contributed by atoms with Crippen molar-refractivity contribution in [3.05, 3.63) is 15.8 Å². The van der Waals surface area contributed by atoms with Gasteiger partial charge < -0.3 is 14.5 Å². The van der Waals surface area contributed by atoms with Crippen molar-refractivity contribution in [1.82, 2.24) is 9.13 Å². The fourth-order valence-electron chi connectivity index (χ4n) is 1.41. The van der Waals surface area contributed by atoms with Crippen LogP contribution in [0, 0.1) is 21.5 Å². The lowest BCUT2D eigenvalue weighted by molar-refractivity contribution is 0.689. The molecule has 0 aliphatic heterocycles. The number of aromatic nitrogens is 2. The van der Waals surface area contributed by atoms with Crippen LogP contribution < -0.4 is 10.8 Å². The van der Waals surface area contributed by atoms with Crippen LogP contribution >= 0.6 is 12.2 Å². The molecule has 0 atom stereocenters. The monoisotopic (exact) mass is 237 g/mol. The van der Waals surface area contributed by atoms with Gasteiger partial charge in [0.25, 0.3) is 0 Å². The van der Waals surface area contributed by atoms with Crippen LogP contribution in [-0.4, -0.2) is 15.2 Å². The molecule has 0 saturated heterocycles. The topological polar surface area (TPSA) is 69.5 Å². The minimum atomic E-state index is 0.133. The van der Waals surface area contributed by atoms with E-state index in [1.54, 1.807) is 18.7 Å². The van der Waals surface area contributed by atoms with E-state index >= 15 is 0 Å². The molecule has 0 amide bonds. The van der Waals surface area contributed by atoms with Crippen molar-refractivity contribution in [2.45, 2.75) is 19.9 Å². The van der Waals surface area contributed by atoms with Crippen molar-refractivity contribution in [1.29, 1.82) is 10.7 Å². The molecule has 0 fully saturated rings. The minimum absolute atomic E-state index is 0.133. The average molecular weight is 237 g/mol. The molecule has 1 aromatic heterocycles. The molecule has 6 heteroatoms. The lowest BCUT2D eigenvalue weighted by Crippen LogP contribution is -2.28. The maximum absolute atomic E-state index is 9.08. The van der Waals surface area contributed by atoms with E-state index in [2.05, 4.69) is 5.32 Å². The maximum atomic E-state index is 9.08. The van der Waals surface area contributed by atoms with Crippen LogP contribution in [0.3, 0.4) is 0 Å². The Balaban J connectivity index is 3.67. The summed E-state index contributed by atoms with van der Waals surface area (Å²) in [5.74, 6) is 0.602. The van der Waals surface area contributed by atoms with Crippen LogP contribution in [0.5, 0.6) is 0 Å². The van der Waals surface area contributed by atoms with E-state index in [4.69, 9.17) is 22.9 Å². The van der Waals surface area contributed by atoms with E-state index in [-0.39, 0.29) is 11.5 Å². The molecule has 1 rings (SSSR count). The summed E-state index contributed by atoms with van der Waals surface area (Å²) >= 11 is 5.19. The Morgan fingerprint density at radius 2 is 1.94 bits per heavy atom. The summed E-state index contributed by atoms with van der Waals surface area (Å²) < 4.78 is 3.73. The minimum Gasteiger partial charge on any atom is -0.368 e. The molecular weight excluding hydrogens is 222 g/mol. The van der Waals surface area contributed by atoms with Crippen molar-refractivity contribution in [3.8, 4) is 6.07 Å². The Labute approximate surface area is 99.5 Å². The summed E-state index contributed by atoms with van der Waals surface area (Å²) in [4.78, 5) is 0. The highest BCUT2D eigenvalue weighted by molar-refractivity contribution is 7.71. The van der Waals surface area contributed by atoms with Crippen LogP contribution in [0.25, 0.3) is 0 Å². The molecule has 0 aromatic carbocycles. The first-order valence-corrected chi connectivity index (χ1v) is 5.32. The van der Waals surface area contributed by atoms with Gasteiger partial charge in [-0.2, -0.15) is 5.26 Å². The highest BCUT2D eigenvalue weighted by Crippen LogP contribution is 2.11. The van der Waals surface area contributed by atoms with E-state index in [1.807, 2.05) is 19.9 Å². The van der Waals surface area contributed by atoms with Gasteiger partial charge in [0.15, 0.2) is 4.77 Å². The normalized spacial score (nSPS) is 10.2. The number of nitriles is 1. The molecule has 0 aliphatic rings. The van der Waals surface area contributed by atoms with Gasteiger partial charge in [-0.1, -0.05) is 0 Å². The number of hydrogen-bond donors (Lipinski definition) is 2. The molecule has 16 heavy (non-hydrogen) atoms. The van der Waals surface area contributed by atoms with Crippen molar-refractivity contribution in [3.63, 3.8) is 0 Å². The van der Waals surface area contributed by atoms with Gasteiger partial charge in [-0.15, -0.1) is 0 Å². The quantitative estimate of drug-likeness (QED) is 0.761. The zero-order valence-corrected chi connectivity index (χ0v) is 10.6. The second kappa shape index (κ2) is 4.49. The fourth-order valence-corrected chi connectivity index (χ4v) is 1.59. The van der Waals surface area contributed by atoms with Crippen LogP contribution in [0.2, 0.25) is 0 Å². The number of nitrogens with one attached hydrogen (secondary N) is 2. The summed E-state index contributed by atoms with van der Waals surface area (Å²) in [6.07, 6.45) is 0. The lowest BCUT2D eigenvalue weighted by Gasteiger charge is -2.17. The maximum Gasteiger partial charge on any atom is 0.182 e. The molecule has 0 unspecified atom stereocenters. The SMILES string of the molecule is CC(C)Nc1c(C#N)c(=N)n(C)c(=S)n1C. The van der Waals surface area contributed by atoms with E-state index in [9.17, 15) is 0 Å². The van der Waals surface area contributed by atoms with Gasteiger partial charge >= 0.3 is 0 Å². The molecule has 1 aromatic rings. The molecule has 86 valence electrons. The van der Waals surface area contributed by atoms with Gasteiger partial charge in [-0.25, -0.2) is 0 Å². The molecule has 0 radical (unpaired) electrons. The fraction of sp³-hybridized carbons (Fsp3) is 0.500. The Hall–Kier alpha value is -1.61. The van der Waals surface area contributed by atoms with Gasteiger partial charge in [0.1, 0.15) is 22.9 Å². The van der Waals surface area contributed by atoms with Crippen LogP contribution in [0.15, 0.2) is 0 Å². The second-order valence-corrected chi connectivity index (χ2v) is 4.25. The van der Waals surface area contributed by atoms with Gasteiger partial charge in [0.05, 0.1) is 0 Å². The highest BCUT2D eigenvalue weighted by Gasteiger charge is 2.11. The van der Waals surface area contributed by atoms with E-state index in [0.717, 1.165) is 0 Å². The highest BCUT2D eigenvalue weighted by atomic mass is 32.1. The summed E-state index contributed by atoms with van der Waals surface area (Å²) in [6, 6.07) is 2.22. The third-order valence-corrected chi connectivity index (χ3v) is 2.80. The number of hydrogen-bond acceptors (Lipinski definition) is 4. The Bertz CT molecular complexity index is 558. The van der Waals surface area contributed by atoms with Gasteiger partial charge in [-0.3, -0.25) is 5.41 Å². The van der Waals surface area contributed by atoms with Crippen molar-refractivity contribution in [2.24, 2.45) is 14.1 Å². The Morgan fingerprint density at radius 3 is 2.38 bits per heavy atom. The standard InChI is InChI=1S/C10H15N5S/c1-6(2)13-9-7(5-11)8(12)14(3)10(16)15(9)4/h6,12-13H,1-4H3. The third kappa shape index (κ3) is 1.99. The first-order valence-electron chi connectivity index (χ1n) is 4.91. The smallest absolute Gasteiger partial charge is 0.182 e. The first kappa shape index (κ1) is 12.5. The summed E-state index contributed by atoms with van der Waals surface area (Å²) in [5, 5.41) is 20.1. The van der Waals surface area contributed by atoms with E-state index in [1.165, 1.54) is 4.57 Å². The van der Waals surface area contributed by atoms with Crippen LogP contribution in [-0.2, 0) is 14.1 Å². The van der Waals surface area contributed by atoms with Crippen molar-refractivity contribution >= 4 is 18.0 Å². The zero-order chi connectivity index (χ0) is 12.5. The largest absolute Gasteiger partial charge is 0.368 e. The van der Waals surface area contributed by atoms with Crippen LogP contribution in [0.1, 0.15) is 19.4 Å². The molecular formula is C10H15N5S. The average Bonchev–Trinajstić information content (AvgIpc) is 2.23. The molecule has 1 heterocycles. The number of rotatable bonds is 2. The molecule has 2 N–H and O–H groups in total. The van der Waals surface area contributed by atoms with Gasteiger partial charge in [-0.05, 0) is 26.1 Å². The number of nitrogens with zero attached hydrogens (tertiary/aromatic N) is 3. The predicted molar refractivity (Wildman–Crippen MR) is 64.5 cm³/mol. The third-order valence-electron chi connectivity index (χ3n) is 2.26. The molecule has 0 saturated carbocycles. The molecule has 0 bridgehead atoms.